The quantitative estimate of drug-likeness (QED) is 0.429. The Morgan fingerprint density at radius 1 is 0.844 bits per heavy atom. The lowest BCUT2D eigenvalue weighted by molar-refractivity contribution is 0.0730. The molecule has 1 N–H and O–H groups in total. The van der Waals surface area contributed by atoms with E-state index in [1.165, 1.54) is 16.7 Å². The summed E-state index contributed by atoms with van der Waals surface area (Å²) in [5, 5.41) is 7.63. The van der Waals surface area contributed by atoms with E-state index in [0.29, 0.717) is 12.2 Å². The molecule has 4 nitrogen and oxygen atoms in total. The molecular weight excluding hydrogens is 394 g/mol. The Morgan fingerprint density at radius 3 is 2.06 bits per heavy atom. The minimum Gasteiger partial charge on any atom is -0.322 e. The Hall–Kier alpha value is -3.66. The molecule has 1 aromatic heterocycles. The molecule has 0 radical (unpaired) electrons. The molecular formula is C28H27N3O. The van der Waals surface area contributed by atoms with Crippen molar-refractivity contribution in [2.75, 3.05) is 0 Å². The number of H-pyrrole nitrogens is 1. The minimum absolute atomic E-state index is 0.00370. The zero-order valence-electron chi connectivity index (χ0n) is 18.7. The number of fused-ring (bicyclic) bond motifs is 1. The number of aryl methyl sites for hydroxylation is 3. The molecule has 2 heterocycles. The van der Waals surface area contributed by atoms with Crippen LogP contribution in [0.3, 0.4) is 0 Å². The topological polar surface area (TPSA) is 49.0 Å². The van der Waals surface area contributed by atoms with Crippen molar-refractivity contribution in [1.29, 1.82) is 0 Å². The number of hydrogen-bond donors (Lipinski definition) is 1. The molecule has 1 aliphatic heterocycles. The van der Waals surface area contributed by atoms with Crippen LogP contribution in [-0.2, 0) is 13.0 Å². The van der Waals surface area contributed by atoms with Crippen LogP contribution in [-0.4, -0.2) is 21.0 Å². The summed E-state index contributed by atoms with van der Waals surface area (Å²) in [7, 11) is 0. The van der Waals surface area contributed by atoms with Gasteiger partial charge in [0, 0.05) is 17.7 Å². The average Bonchev–Trinajstić information content (AvgIpc) is 3.35. The molecule has 1 atom stereocenters. The van der Waals surface area contributed by atoms with E-state index in [2.05, 4.69) is 104 Å². The smallest absolute Gasteiger partial charge is 0.273 e. The highest BCUT2D eigenvalue weighted by Crippen LogP contribution is 2.43. The molecule has 32 heavy (non-hydrogen) atoms. The summed E-state index contributed by atoms with van der Waals surface area (Å²) in [5.41, 5.74) is 9.36. The predicted octanol–water partition coefficient (Wildman–Crippen LogP) is 6.00. The summed E-state index contributed by atoms with van der Waals surface area (Å²) >= 11 is 0. The second kappa shape index (κ2) is 8.12. The van der Waals surface area contributed by atoms with Crippen molar-refractivity contribution >= 4 is 5.91 Å². The molecule has 0 fully saturated rings. The second-order valence-electron chi connectivity index (χ2n) is 8.64. The van der Waals surface area contributed by atoms with Crippen LogP contribution >= 0.6 is 0 Å². The molecule has 4 aromatic rings. The number of hydrogen-bond acceptors (Lipinski definition) is 2. The molecule has 0 bridgehead atoms. The van der Waals surface area contributed by atoms with Gasteiger partial charge in [0.2, 0.25) is 0 Å². The first-order valence-electron chi connectivity index (χ1n) is 11.2. The Bertz CT molecular complexity index is 1250. The van der Waals surface area contributed by atoms with E-state index in [4.69, 9.17) is 0 Å². The summed E-state index contributed by atoms with van der Waals surface area (Å²) in [6.45, 7) is 6.85. The fraction of sp³-hybridized carbons (Fsp3) is 0.214. The van der Waals surface area contributed by atoms with Crippen LogP contribution in [0.4, 0.5) is 0 Å². The fourth-order valence-electron chi connectivity index (χ4n) is 4.46. The Labute approximate surface area is 188 Å². The molecule has 4 heteroatoms. The number of rotatable bonds is 5. The lowest BCUT2D eigenvalue weighted by atomic mass is 9.94. The molecule has 160 valence electrons. The van der Waals surface area contributed by atoms with Crippen LogP contribution in [0.5, 0.6) is 0 Å². The molecule has 1 amide bonds. The number of amides is 1. The zero-order chi connectivity index (χ0) is 22.2. The maximum atomic E-state index is 13.5. The van der Waals surface area contributed by atoms with E-state index in [1.54, 1.807) is 0 Å². The largest absolute Gasteiger partial charge is 0.322 e. The van der Waals surface area contributed by atoms with E-state index in [-0.39, 0.29) is 11.9 Å². The SMILES string of the molecule is CCc1ccc(C2c3c(-c4ccc(C)cc4)n[nH]c3C(=O)N2Cc2ccc(C)cc2)cc1. The van der Waals surface area contributed by atoms with Crippen LogP contribution < -0.4 is 0 Å². The maximum Gasteiger partial charge on any atom is 0.273 e. The van der Waals surface area contributed by atoms with Crippen LogP contribution in [0.2, 0.25) is 0 Å². The first-order chi connectivity index (χ1) is 15.5. The number of aromatic nitrogens is 2. The van der Waals surface area contributed by atoms with Gasteiger partial charge >= 0.3 is 0 Å². The number of aromatic amines is 1. The number of benzene rings is 3. The van der Waals surface area contributed by atoms with Gasteiger partial charge in [-0.3, -0.25) is 9.89 Å². The molecule has 0 aliphatic carbocycles. The highest BCUT2D eigenvalue weighted by atomic mass is 16.2. The standard InChI is InChI=1S/C28H27N3O/c1-4-20-11-15-23(16-12-20)27-24-25(22-13-7-19(3)8-14-22)29-30-26(24)28(32)31(27)17-21-9-5-18(2)6-10-21/h5-16,27H,4,17H2,1-3H3,(H,29,30). The molecule has 1 aliphatic rings. The normalized spacial score (nSPS) is 15.3. The van der Waals surface area contributed by atoms with Crippen molar-refractivity contribution in [3.05, 3.63) is 112 Å². The van der Waals surface area contributed by atoms with Crippen LogP contribution in [0.25, 0.3) is 11.3 Å². The van der Waals surface area contributed by atoms with Crippen LogP contribution in [0.1, 0.15) is 56.8 Å². The molecule has 5 rings (SSSR count). The van der Waals surface area contributed by atoms with Crippen molar-refractivity contribution in [2.24, 2.45) is 0 Å². The van der Waals surface area contributed by atoms with Gasteiger partial charge in [0.05, 0.1) is 11.7 Å². The van der Waals surface area contributed by atoms with Gasteiger partial charge in [-0.25, -0.2) is 0 Å². The van der Waals surface area contributed by atoms with Gasteiger partial charge in [-0.1, -0.05) is 90.8 Å². The monoisotopic (exact) mass is 421 g/mol. The zero-order valence-corrected chi connectivity index (χ0v) is 18.7. The van der Waals surface area contributed by atoms with Crippen molar-refractivity contribution < 1.29 is 4.79 Å². The van der Waals surface area contributed by atoms with Crippen molar-refractivity contribution in [3.63, 3.8) is 0 Å². The second-order valence-corrected chi connectivity index (χ2v) is 8.64. The van der Waals surface area contributed by atoms with E-state index >= 15 is 0 Å². The average molecular weight is 422 g/mol. The third-order valence-electron chi connectivity index (χ3n) is 6.37. The summed E-state index contributed by atoms with van der Waals surface area (Å²) in [6.07, 6.45) is 0.989. The summed E-state index contributed by atoms with van der Waals surface area (Å²) in [4.78, 5) is 15.5. The van der Waals surface area contributed by atoms with Gasteiger partial charge < -0.3 is 4.90 Å². The minimum atomic E-state index is -0.181. The van der Waals surface area contributed by atoms with E-state index < -0.39 is 0 Å². The van der Waals surface area contributed by atoms with Crippen LogP contribution in [0.15, 0.2) is 72.8 Å². The van der Waals surface area contributed by atoms with Gasteiger partial charge in [-0.2, -0.15) is 5.10 Å². The molecule has 0 saturated carbocycles. The number of nitrogens with zero attached hydrogens (tertiary/aromatic N) is 2. The van der Waals surface area contributed by atoms with Gasteiger partial charge in [-0.05, 0) is 37.0 Å². The molecule has 0 spiro atoms. The Morgan fingerprint density at radius 2 is 1.44 bits per heavy atom. The van der Waals surface area contributed by atoms with Crippen molar-refractivity contribution in [1.82, 2.24) is 15.1 Å². The number of carbonyl (C=O) groups excluding carboxylic acids is 1. The van der Waals surface area contributed by atoms with E-state index in [0.717, 1.165) is 34.4 Å². The van der Waals surface area contributed by atoms with Gasteiger partial charge in [0.1, 0.15) is 5.69 Å². The highest BCUT2D eigenvalue weighted by molar-refractivity contribution is 6.00. The summed E-state index contributed by atoms with van der Waals surface area (Å²) < 4.78 is 0. The van der Waals surface area contributed by atoms with Crippen molar-refractivity contribution in [3.8, 4) is 11.3 Å². The Kier molecular flexibility index (Phi) is 5.14. The first-order valence-corrected chi connectivity index (χ1v) is 11.2. The summed E-state index contributed by atoms with van der Waals surface area (Å²) in [6, 6.07) is 25.2. The van der Waals surface area contributed by atoms with Crippen LogP contribution in [0, 0.1) is 13.8 Å². The molecule has 3 aromatic carbocycles. The highest BCUT2D eigenvalue weighted by Gasteiger charge is 2.42. The lowest BCUT2D eigenvalue weighted by Crippen LogP contribution is -2.29. The fourth-order valence-corrected chi connectivity index (χ4v) is 4.46. The Balaban J connectivity index is 1.62. The molecule has 1 unspecified atom stereocenters. The molecule has 0 saturated heterocycles. The predicted molar refractivity (Wildman–Crippen MR) is 127 cm³/mol. The van der Waals surface area contributed by atoms with E-state index in [1.807, 2.05) is 4.90 Å². The lowest BCUT2D eigenvalue weighted by Gasteiger charge is -2.27. The first kappa shape index (κ1) is 20.3. The van der Waals surface area contributed by atoms with Gasteiger partial charge in [0.25, 0.3) is 5.91 Å². The van der Waals surface area contributed by atoms with Crippen molar-refractivity contribution in [2.45, 2.75) is 39.8 Å². The van der Waals surface area contributed by atoms with Gasteiger partial charge in [-0.15, -0.1) is 0 Å². The van der Waals surface area contributed by atoms with E-state index in [9.17, 15) is 4.79 Å². The third kappa shape index (κ3) is 3.52. The number of nitrogens with one attached hydrogen (secondary N) is 1. The maximum absolute atomic E-state index is 13.5. The number of carbonyl (C=O) groups is 1. The summed E-state index contributed by atoms with van der Waals surface area (Å²) in [5.74, 6) is -0.00370. The van der Waals surface area contributed by atoms with Gasteiger partial charge in [0.15, 0.2) is 0 Å². The third-order valence-corrected chi connectivity index (χ3v) is 6.37.